The number of aliphatic carboxylic acids is 1. The van der Waals surface area contributed by atoms with Crippen molar-refractivity contribution < 1.29 is 14.3 Å². The number of carboxylic acid groups (broad SMARTS) is 1. The van der Waals surface area contributed by atoms with E-state index in [2.05, 4.69) is 4.90 Å². The summed E-state index contributed by atoms with van der Waals surface area (Å²) in [6.07, 6.45) is 3.14. The molecule has 1 aromatic rings. The molecule has 1 fully saturated rings. The summed E-state index contributed by atoms with van der Waals surface area (Å²) in [4.78, 5) is 12.9. The van der Waals surface area contributed by atoms with Crippen molar-refractivity contribution in [2.45, 2.75) is 39.2 Å². The van der Waals surface area contributed by atoms with Gasteiger partial charge >= 0.3 is 5.97 Å². The zero-order valence-electron chi connectivity index (χ0n) is 11.9. The minimum atomic E-state index is -0.706. The van der Waals surface area contributed by atoms with E-state index < -0.39 is 5.97 Å². The van der Waals surface area contributed by atoms with E-state index >= 15 is 0 Å². The van der Waals surface area contributed by atoms with E-state index in [0.717, 1.165) is 44.5 Å². The molecular formula is C16H22FNO2. The maximum absolute atomic E-state index is 13.5. The standard InChI is InChI=1S/C16H22FNO2/c1-12-2-3-14(10-15(12)17)11-18-8-6-13(7-9-18)4-5-16(19)20/h2-3,10,13H,4-9,11H2,1H3,(H,19,20). The summed E-state index contributed by atoms with van der Waals surface area (Å²) in [5.74, 6) is -0.321. The third-order valence-electron chi connectivity index (χ3n) is 4.12. The van der Waals surface area contributed by atoms with E-state index in [9.17, 15) is 9.18 Å². The second-order valence-corrected chi connectivity index (χ2v) is 5.74. The molecule has 2 rings (SSSR count). The lowest BCUT2D eigenvalue weighted by Crippen LogP contribution is -2.33. The van der Waals surface area contributed by atoms with Crippen LogP contribution in [0.3, 0.4) is 0 Å². The monoisotopic (exact) mass is 279 g/mol. The molecule has 0 aliphatic carbocycles. The van der Waals surface area contributed by atoms with Crippen LogP contribution in [0.15, 0.2) is 18.2 Å². The van der Waals surface area contributed by atoms with Crippen LogP contribution in [0.4, 0.5) is 4.39 Å². The molecule has 3 nitrogen and oxygen atoms in total. The Kier molecular flexibility index (Phi) is 5.12. The molecule has 0 radical (unpaired) electrons. The van der Waals surface area contributed by atoms with Crippen molar-refractivity contribution in [2.24, 2.45) is 5.92 Å². The molecule has 4 heteroatoms. The minimum absolute atomic E-state index is 0.140. The topological polar surface area (TPSA) is 40.5 Å². The molecule has 0 spiro atoms. The smallest absolute Gasteiger partial charge is 0.303 e. The van der Waals surface area contributed by atoms with Gasteiger partial charge in [-0.3, -0.25) is 9.69 Å². The number of hydrogen-bond acceptors (Lipinski definition) is 2. The summed E-state index contributed by atoms with van der Waals surface area (Å²) in [6, 6.07) is 5.42. The van der Waals surface area contributed by atoms with Crippen molar-refractivity contribution in [3.63, 3.8) is 0 Å². The molecule has 1 N–H and O–H groups in total. The van der Waals surface area contributed by atoms with Crippen LogP contribution in [-0.4, -0.2) is 29.1 Å². The van der Waals surface area contributed by atoms with Gasteiger partial charge in [-0.25, -0.2) is 4.39 Å². The molecule has 0 aromatic heterocycles. The Hall–Kier alpha value is -1.42. The fraction of sp³-hybridized carbons (Fsp3) is 0.562. The van der Waals surface area contributed by atoms with Crippen molar-refractivity contribution in [2.75, 3.05) is 13.1 Å². The van der Waals surface area contributed by atoms with Crippen molar-refractivity contribution in [3.05, 3.63) is 35.1 Å². The average molecular weight is 279 g/mol. The summed E-state index contributed by atoms with van der Waals surface area (Å²) in [5, 5.41) is 8.69. The molecule has 1 aliphatic heterocycles. The predicted molar refractivity (Wildman–Crippen MR) is 76.0 cm³/mol. The Morgan fingerprint density at radius 2 is 2.10 bits per heavy atom. The van der Waals surface area contributed by atoms with Gasteiger partial charge in [-0.05, 0) is 62.4 Å². The fourth-order valence-corrected chi connectivity index (χ4v) is 2.75. The van der Waals surface area contributed by atoms with Gasteiger partial charge in [0.05, 0.1) is 0 Å². The zero-order valence-corrected chi connectivity index (χ0v) is 11.9. The number of nitrogens with zero attached hydrogens (tertiary/aromatic N) is 1. The Bertz CT molecular complexity index is 468. The third-order valence-corrected chi connectivity index (χ3v) is 4.12. The maximum atomic E-state index is 13.5. The Morgan fingerprint density at radius 3 is 2.70 bits per heavy atom. The number of likely N-dealkylation sites (tertiary alicyclic amines) is 1. The highest BCUT2D eigenvalue weighted by atomic mass is 19.1. The number of halogens is 1. The molecule has 20 heavy (non-hydrogen) atoms. The number of carboxylic acids is 1. The molecule has 1 aromatic carbocycles. The highest BCUT2D eigenvalue weighted by Crippen LogP contribution is 2.23. The number of carbonyl (C=O) groups is 1. The summed E-state index contributed by atoms with van der Waals surface area (Å²) < 4.78 is 13.5. The number of rotatable bonds is 5. The maximum Gasteiger partial charge on any atom is 0.303 e. The van der Waals surface area contributed by atoms with Crippen molar-refractivity contribution in [1.29, 1.82) is 0 Å². The Labute approximate surface area is 119 Å². The van der Waals surface area contributed by atoms with Crippen LogP contribution >= 0.6 is 0 Å². The van der Waals surface area contributed by atoms with E-state index in [0.29, 0.717) is 11.5 Å². The minimum Gasteiger partial charge on any atom is -0.481 e. The average Bonchev–Trinajstić information content (AvgIpc) is 2.42. The van der Waals surface area contributed by atoms with Gasteiger partial charge in [-0.15, -0.1) is 0 Å². The van der Waals surface area contributed by atoms with Crippen LogP contribution < -0.4 is 0 Å². The van der Waals surface area contributed by atoms with Crippen molar-refractivity contribution in [1.82, 2.24) is 4.90 Å². The first-order valence-electron chi connectivity index (χ1n) is 7.24. The lowest BCUT2D eigenvalue weighted by Gasteiger charge is -2.31. The Morgan fingerprint density at radius 1 is 1.40 bits per heavy atom. The van der Waals surface area contributed by atoms with Gasteiger partial charge in [0.1, 0.15) is 5.82 Å². The third kappa shape index (κ3) is 4.30. The molecule has 1 saturated heterocycles. The first-order valence-corrected chi connectivity index (χ1v) is 7.24. The van der Waals surface area contributed by atoms with Gasteiger partial charge in [0.2, 0.25) is 0 Å². The molecular weight excluding hydrogens is 257 g/mol. The van der Waals surface area contributed by atoms with Gasteiger partial charge in [-0.1, -0.05) is 12.1 Å². The van der Waals surface area contributed by atoms with E-state index in [1.165, 1.54) is 0 Å². The van der Waals surface area contributed by atoms with Crippen LogP contribution in [-0.2, 0) is 11.3 Å². The molecule has 0 unspecified atom stereocenters. The fourth-order valence-electron chi connectivity index (χ4n) is 2.75. The van der Waals surface area contributed by atoms with Crippen LogP contribution in [0, 0.1) is 18.7 Å². The van der Waals surface area contributed by atoms with Gasteiger partial charge in [0.25, 0.3) is 0 Å². The van der Waals surface area contributed by atoms with Crippen LogP contribution in [0.25, 0.3) is 0 Å². The predicted octanol–water partition coefficient (Wildman–Crippen LogP) is 3.21. The van der Waals surface area contributed by atoms with Crippen LogP contribution in [0.2, 0.25) is 0 Å². The summed E-state index contributed by atoms with van der Waals surface area (Å²) in [6.45, 7) is 4.50. The van der Waals surface area contributed by atoms with E-state index in [-0.39, 0.29) is 12.2 Å². The highest BCUT2D eigenvalue weighted by molar-refractivity contribution is 5.66. The van der Waals surface area contributed by atoms with Gasteiger partial charge < -0.3 is 5.11 Å². The normalized spacial score (nSPS) is 17.3. The van der Waals surface area contributed by atoms with Crippen molar-refractivity contribution in [3.8, 4) is 0 Å². The first-order chi connectivity index (χ1) is 9.54. The quantitative estimate of drug-likeness (QED) is 0.899. The number of aryl methyl sites for hydroxylation is 1. The Balaban J connectivity index is 1.79. The number of hydrogen-bond donors (Lipinski definition) is 1. The lowest BCUT2D eigenvalue weighted by atomic mass is 9.92. The summed E-state index contributed by atoms with van der Waals surface area (Å²) in [7, 11) is 0. The second-order valence-electron chi connectivity index (χ2n) is 5.74. The van der Waals surface area contributed by atoms with Crippen molar-refractivity contribution >= 4 is 5.97 Å². The lowest BCUT2D eigenvalue weighted by molar-refractivity contribution is -0.137. The zero-order chi connectivity index (χ0) is 14.5. The molecule has 110 valence electrons. The number of benzene rings is 1. The van der Waals surface area contributed by atoms with Crippen LogP contribution in [0.5, 0.6) is 0 Å². The molecule has 0 saturated carbocycles. The summed E-state index contributed by atoms with van der Waals surface area (Å²) >= 11 is 0. The van der Waals surface area contributed by atoms with E-state index in [1.54, 1.807) is 13.0 Å². The molecule has 1 aliphatic rings. The van der Waals surface area contributed by atoms with Gasteiger partial charge in [0.15, 0.2) is 0 Å². The molecule has 0 atom stereocenters. The number of piperidine rings is 1. The van der Waals surface area contributed by atoms with Crippen LogP contribution in [0.1, 0.15) is 36.8 Å². The van der Waals surface area contributed by atoms with E-state index in [1.807, 2.05) is 12.1 Å². The SMILES string of the molecule is Cc1ccc(CN2CCC(CCC(=O)O)CC2)cc1F. The highest BCUT2D eigenvalue weighted by Gasteiger charge is 2.19. The largest absolute Gasteiger partial charge is 0.481 e. The first kappa shape index (κ1) is 15.0. The van der Waals surface area contributed by atoms with Gasteiger partial charge in [-0.2, -0.15) is 0 Å². The second kappa shape index (κ2) is 6.84. The van der Waals surface area contributed by atoms with Gasteiger partial charge in [0, 0.05) is 13.0 Å². The summed E-state index contributed by atoms with van der Waals surface area (Å²) in [5.41, 5.74) is 1.69. The molecule has 0 bridgehead atoms. The molecule has 0 amide bonds. The molecule has 1 heterocycles. The van der Waals surface area contributed by atoms with E-state index in [4.69, 9.17) is 5.11 Å².